The van der Waals surface area contributed by atoms with Crippen molar-refractivity contribution in [3.05, 3.63) is 191 Å². The molecule has 406 valence electrons. The van der Waals surface area contributed by atoms with Crippen molar-refractivity contribution >= 4 is 43.6 Å². The van der Waals surface area contributed by atoms with Gasteiger partial charge in [-0.2, -0.15) is 23.7 Å². The summed E-state index contributed by atoms with van der Waals surface area (Å²) in [7, 11) is 0. The fraction of sp³-hybridized carbons (Fsp3) is 0.138. The summed E-state index contributed by atoms with van der Waals surface area (Å²) < 4.78 is 50.0. The van der Waals surface area contributed by atoms with Crippen LogP contribution in [0.4, 0.5) is 13.2 Å². The van der Waals surface area contributed by atoms with E-state index in [0.29, 0.717) is 120 Å². The summed E-state index contributed by atoms with van der Waals surface area (Å²) >= 11 is 0. The molecule has 0 unspecified atom stereocenters. The lowest BCUT2D eigenvalue weighted by molar-refractivity contribution is -0.137. The van der Waals surface area contributed by atoms with Crippen molar-refractivity contribution in [2.24, 2.45) is 0 Å². The van der Waals surface area contributed by atoms with Gasteiger partial charge in [0.05, 0.1) is 62.3 Å². The van der Waals surface area contributed by atoms with Gasteiger partial charge in [0, 0.05) is 54.9 Å². The number of rotatable bonds is 8. The third kappa shape index (κ3) is 9.23. The normalized spacial score (nSPS) is 11.7. The largest absolute Gasteiger partial charge is 0.417 e. The third-order valence-corrected chi connectivity index (χ3v) is 14.7. The van der Waals surface area contributed by atoms with Crippen LogP contribution in [0.15, 0.2) is 127 Å². The molecule has 16 nitrogen and oxygen atoms in total. The first-order valence-electron chi connectivity index (χ1n) is 26.6. The lowest BCUT2D eigenvalue weighted by Crippen LogP contribution is -2.08. The highest BCUT2D eigenvalue weighted by Gasteiger charge is 2.35. The van der Waals surface area contributed by atoms with Gasteiger partial charge in [0.25, 0.3) is 0 Å². The zero-order valence-corrected chi connectivity index (χ0v) is 46.4. The van der Waals surface area contributed by atoms with Crippen molar-refractivity contribution in [3.8, 4) is 91.3 Å². The van der Waals surface area contributed by atoms with Gasteiger partial charge in [-0.1, -0.05) is 24.3 Å². The van der Waals surface area contributed by atoms with Gasteiger partial charge in [-0.25, -0.2) is 59.8 Å². The number of halogens is 3. The number of benzene rings is 7. The molecule has 19 heteroatoms. The van der Waals surface area contributed by atoms with Crippen molar-refractivity contribution in [2.45, 2.75) is 61.6 Å². The standard InChI is InChI=1S/C65H45F3N16/c1-32-71-33(2)76-61(75-32)43-12-19-55-50(25-43)51-26-44(62-77-34(3)72-35(4)78-62)13-20-56(51)83(55)59-24-41(31-70)10-17-48(59)49-18-11-42(47-16-9-40(30-69)23-54(47)65(66,67)68)29-60(49)84-57-21-14-45(63-79-36(5)73-37(6)80-63)27-52(57)53-28-46(15-22-58(53)84)64-81-38(7)74-39(8)82-64/h9-29H,1-8H3. The lowest BCUT2D eigenvalue weighted by Gasteiger charge is -2.21. The topological polar surface area (TPSA) is 212 Å². The van der Waals surface area contributed by atoms with E-state index in [2.05, 4.69) is 30.6 Å². The molecule has 13 aromatic rings. The molecule has 0 saturated carbocycles. The summed E-state index contributed by atoms with van der Waals surface area (Å²) in [5.74, 6) is 6.41. The number of nitrogens with zero attached hydrogens (tertiary/aromatic N) is 16. The highest BCUT2D eigenvalue weighted by Crippen LogP contribution is 2.46. The summed E-state index contributed by atoms with van der Waals surface area (Å²) in [4.78, 5) is 55.4. The number of fused-ring (bicyclic) bond motifs is 6. The monoisotopic (exact) mass is 1110 g/mol. The van der Waals surface area contributed by atoms with Crippen LogP contribution in [-0.4, -0.2) is 68.9 Å². The molecule has 6 heterocycles. The summed E-state index contributed by atoms with van der Waals surface area (Å²) in [6, 6.07) is 42.3. The quantitative estimate of drug-likeness (QED) is 0.138. The van der Waals surface area contributed by atoms with Crippen LogP contribution in [0.3, 0.4) is 0 Å². The fourth-order valence-electron chi connectivity index (χ4n) is 11.3. The van der Waals surface area contributed by atoms with Gasteiger partial charge in [0.15, 0.2) is 23.3 Å². The molecule has 0 N–H and O–H groups in total. The molecule has 0 aliphatic rings. The Kier molecular flexibility index (Phi) is 12.4. The highest BCUT2D eigenvalue weighted by molar-refractivity contribution is 6.14. The minimum absolute atomic E-state index is 0.123. The predicted molar refractivity (Wildman–Crippen MR) is 314 cm³/mol. The maximum atomic E-state index is 15.3. The van der Waals surface area contributed by atoms with Gasteiger partial charge < -0.3 is 9.13 Å². The molecule has 0 fully saturated rings. The number of alkyl halides is 3. The smallest absolute Gasteiger partial charge is 0.309 e. The molecule has 0 aliphatic carbocycles. The number of nitriles is 2. The van der Waals surface area contributed by atoms with E-state index in [-0.39, 0.29) is 16.7 Å². The van der Waals surface area contributed by atoms with E-state index < -0.39 is 11.7 Å². The molecule has 0 spiro atoms. The summed E-state index contributed by atoms with van der Waals surface area (Å²) in [6.07, 6.45) is -4.82. The first-order valence-corrected chi connectivity index (χ1v) is 26.6. The number of hydrogen-bond donors (Lipinski definition) is 0. The van der Waals surface area contributed by atoms with Crippen LogP contribution < -0.4 is 0 Å². The van der Waals surface area contributed by atoms with Gasteiger partial charge in [-0.3, -0.25) is 0 Å². The molecule has 0 aliphatic heterocycles. The minimum Gasteiger partial charge on any atom is -0.309 e. The molecular formula is C65H45F3N16. The van der Waals surface area contributed by atoms with E-state index in [1.165, 1.54) is 12.1 Å². The van der Waals surface area contributed by atoms with Gasteiger partial charge in [0.1, 0.15) is 46.6 Å². The van der Waals surface area contributed by atoms with Crippen molar-refractivity contribution < 1.29 is 13.2 Å². The average Bonchev–Trinajstić information content (AvgIpc) is 1.68. The van der Waals surface area contributed by atoms with Gasteiger partial charge in [-0.05, 0) is 170 Å². The van der Waals surface area contributed by atoms with E-state index in [1.807, 2.05) is 157 Å². The Hall–Kier alpha value is -11.1. The van der Waals surface area contributed by atoms with Crippen molar-refractivity contribution in [3.63, 3.8) is 0 Å². The Balaban J connectivity index is 1.13. The molecule has 6 aromatic heterocycles. The number of aromatic nitrogens is 14. The van der Waals surface area contributed by atoms with E-state index >= 15 is 13.2 Å². The van der Waals surface area contributed by atoms with E-state index in [9.17, 15) is 10.5 Å². The zero-order valence-electron chi connectivity index (χ0n) is 46.4. The van der Waals surface area contributed by atoms with Crippen LogP contribution >= 0.6 is 0 Å². The minimum atomic E-state index is -4.82. The SMILES string of the molecule is Cc1nc(C)nc(-c2ccc3c(c2)c2cc(-c4nc(C)nc(C)n4)ccc2n3-c2cc(C#N)ccc2-c2ccc(-c3ccc(C#N)cc3C(F)(F)F)cc2-n2c3ccc(-c4nc(C)nc(C)n4)cc3c3cc(-c4nc(C)nc(C)n4)ccc32)n1. The van der Waals surface area contributed by atoms with Crippen molar-refractivity contribution in [2.75, 3.05) is 0 Å². The molecule has 0 saturated heterocycles. The third-order valence-electron chi connectivity index (χ3n) is 14.7. The van der Waals surface area contributed by atoms with Crippen LogP contribution in [0.2, 0.25) is 0 Å². The van der Waals surface area contributed by atoms with E-state index in [1.54, 1.807) is 18.2 Å². The Bertz CT molecular complexity index is 4750. The number of aryl methyl sites for hydroxylation is 8. The van der Waals surface area contributed by atoms with Gasteiger partial charge in [0.2, 0.25) is 0 Å². The van der Waals surface area contributed by atoms with E-state index in [4.69, 9.17) is 39.9 Å². The molecule has 7 aromatic carbocycles. The van der Waals surface area contributed by atoms with Crippen LogP contribution in [0.1, 0.15) is 63.3 Å². The first-order chi connectivity index (χ1) is 40.4. The Morgan fingerprint density at radius 2 is 0.607 bits per heavy atom. The van der Waals surface area contributed by atoms with Crippen molar-refractivity contribution in [1.29, 1.82) is 10.5 Å². The first kappa shape index (κ1) is 52.3. The second-order valence-corrected chi connectivity index (χ2v) is 20.6. The number of hydrogen-bond acceptors (Lipinski definition) is 14. The maximum Gasteiger partial charge on any atom is 0.417 e. The highest BCUT2D eigenvalue weighted by atomic mass is 19.4. The summed E-state index contributed by atoms with van der Waals surface area (Å²) in [5, 5.41) is 23.8. The average molecular weight is 1110 g/mol. The van der Waals surface area contributed by atoms with Crippen molar-refractivity contribution in [1.82, 2.24) is 68.9 Å². The Labute approximate surface area is 477 Å². The molecule has 0 atom stereocenters. The second kappa shape index (κ2) is 19.9. The summed E-state index contributed by atoms with van der Waals surface area (Å²) in [6.45, 7) is 14.5. The lowest BCUT2D eigenvalue weighted by atomic mass is 9.93. The van der Waals surface area contributed by atoms with Crippen LogP contribution in [0.25, 0.3) is 123 Å². The second-order valence-electron chi connectivity index (χ2n) is 20.6. The Morgan fingerprint density at radius 3 is 0.929 bits per heavy atom. The summed E-state index contributed by atoms with van der Waals surface area (Å²) in [5.41, 5.74) is 7.58. The zero-order chi connectivity index (χ0) is 58.5. The van der Waals surface area contributed by atoms with Gasteiger partial charge >= 0.3 is 6.18 Å². The molecule has 0 bridgehead atoms. The fourth-order valence-corrected chi connectivity index (χ4v) is 11.3. The van der Waals surface area contributed by atoms with Crippen LogP contribution in [-0.2, 0) is 6.18 Å². The maximum absolute atomic E-state index is 15.3. The van der Waals surface area contributed by atoms with Crippen LogP contribution in [0, 0.1) is 78.1 Å². The van der Waals surface area contributed by atoms with E-state index in [0.717, 1.165) is 49.8 Å². The van der Waals surface area contributed by atoms with Gasteiger partial charge in [-0.15, -0.1) is 0 Å². The Morgan fingerprint density at radius 1 is 0.321 bits per heavy atom. The molecule has 0 radical (unpaired) electrons. The molecular weight excluding hydrogens is 1060 g/mol. The molecule has 84 heavy (non-hydrogen) atoms. The molecule has 0 amide bonds. The molecule has 13 rings (SSSR count). The predicted octanol–water partition coefficient (Wildman–Crippen LogP) is 13.9. The van der Waals surface area contributed by atoms with Crippen LogP contribution in [0.5, 0.6) is 0 Å².